The third kappa shape index (κ3) is 1.89. The molecule has 0 spiro atoms. The molecule has 0 aliphatic heterocycles. The third-order valence-corrected chi connectivity index (χ3v) is 2.05. The zero-order valence-electron chi connectivity index (χ0n) is 8.01. The van der Waals surface area contributed by atoms with Crippen molar-refractivity contribution >= 4 is 0 Å². The predicted octanol–water partition coefficient (Wildman–Crippen LogP) is 0.669. The van der Waals surface area contributed by atoms with Crippen LogP contribution >= 0.6 is 0 Å². The van der Waals surface area contributed by atoms with Crippen LogP contribution in [0.25, 0.3) is 0 Å². The number of aromatic amines is 1. The molecule has 13 heavy (non-hydrogen) atoms. The number of aromatic nitrogens is 1. The van der Waals surface area contributed by atoms with E-state index in [-0.39, 0.29) is 17.4 Å². The molecule has 1 aromatic rings. The first-order valence-corrected chi connectivity index (χ1v) is 4.16. The van der Waals surface area contributed by atoms with Crippen LogP contribution in [-0.2, 0) is 0 Å². The summed E-state index contributed by atoms with van der Waals surface area (Å²) >= 11 is 0. The van der Waals surface area contributed by atoms with Gasteiger partial charge in [0.05, 0.1) is 5.56 Å². The zero-order chi connectivity index (χ0) is 10.0. The number of pyridine rings is 1. The van der Waals surface area contributed by atoms with E-state index in [1.807, 2.05) is 6.92 Å². The molecule has 0 unspecified atom stereocenters. The minimum absolute atomic E-state index is 0.0445. The van der Waals surface area contributed by atoms with E-state index in [9.17, 15) is 9.90 Å². The van der Waals surface area contributed by atoms with Crippen molar-refractivity contribution in [2.24, 2.45) is 0 Å². The van der Waals surface area contributed by atoms with Crippen molar-refractivity contribution in [2.45, 2.75) is 19.9 Å². The van der Waals surface area contributed by atoms with Gasteiger partial charge in [0.15, 0.2) is 0 Å². The number of aryl methyl sites for hydroxylation is 1. The van der Waals surface area contributed by atoms with Crippen molar-refractivity contribution in [3.63, 3.8) is 0 Å². The highest BCUT2D eigenvalue weighted by Gasteiger charge is 2.12. The first-order valence-electron chi connectivity index (χ1n) is 4.16. The Bertz CT molecular complexity index is 357. The molecule has 4 heteroatoms. The van der Waals surface area contributed by atoms with E-state index in [2.05, 4.69) is 10.3 Å². The quantitative estimate of drug-likeness (QED) is 0.629. The van der Waals surface area contributed by atoms with Gasteiger partial charge in [-0.1, -0.05) is 0 Å². The lowest BCUT2D eigenvalue weighted by Gasteiger charge is -2.11. The molecule has 0 bridgehead atoms. The maximum atomic E-state index is 11.4. The Kier molecular flexibility index (Phi) is 2.72. The molecule has 1 heterocycles. The molecule has 0 saturated carbocycles. The van der Waals surface area contributed by atoms with Crippen LogP contribution in [0.15, 0.2) is 10.9 Å². The molecular formula is C9H14N2O2. The van der Waals surface area contributed by atoms with Crippen molar-refractivity contribution < 1.29 is 5.11 Å². The fraction of sp³-hybridized carbons (Fsp3) is 0.444. The average Bonchev–Trinajstić information content (AvgIpc) is 2.02. The van der Waals surface area contributed by atoms with Gasteiger partial charge in [-0.3, -0.25) is 4.79 Å². The molecule has 0 aromatic carbocycles. The van der Waals surface area contributed by atoms with Gasteiger partial charge in [-0.15, -0.1) is 0 Å². The highest BCUT2D eigenvalue weighted by Crippen LogP contribution is 2.19. The molecule has 3 N–H and O–H groups in total. The second-order valence-corrected chi connectivity index (χ2v) is 3.09. The lowest BCUT2D eigenvalue weighted by Crippen LogP contribution is -2.23. The lowest BCUT2D eigenvalue weighted by atomic mass is 10.1. The Labute approximate surface area is 76.6 Å². The van der Waals surface area contributed by atoms with Gasteiger partial charge in [-0.05, 0) is 27.0 Å². The SMILES string of the molecule is CN[C@H](C)c1c(O)cc(C)[nH]c1=O. The number of H-pyrrole nitrogens is 1. The summed E-state index contributed by atoms with van der Waals surface area (Å²) in [6, 6.07) is 1.40. The number of aromatic hydroxyl groups is 1. The zero-order valence-corrected chi connectivity index (χ0v) is 8.01. The minimum Gasteiger partial charge on any atom is -0.507 e. The first kappa shape index (κ1) is 9.80. The van der Waals surface area contributed by atoms with E-state index < -0.39 is 0 Å². The van der Waals surface area contributed by atoms with E-state index >= 15 is 0 Å². The van der Waals surface area contributed by atoms with E-state index in [4.69, 9.17) is 0 Å². The van der Waals surface area contributed by atoms with Crippen molar-refractivity contribution in [3.05, 3.63) is 27.7 Å². The number of nitrogens with one attached hydrogen (secondary N) is 2. The Balaban J connectivity index is 3.29. The number of hydrogen-bond acceptors (Lipinski definition) is 3. The molecule has 0 fully saturated rings. The van der Waals surface area contributed by atoms with Crippen molar-refractivity contribution in [1.82, 2.24) is 10.3 Å². The third-order valence-electron chi connectivity index (χ3n) is 2.05. The van der Waals surface area contributed by atoms with Gasteiger partial charge in [0.1, 0.15) is 5.75 Å². The Morgan fingerprint density at radius 2 is 2.23 bits per heavy atom. The lowest BCUT2D eigenvalue weighted by molar-refractivity contribution is 0.454. The molecule has 0 aliphatic carbocycles. The van der Waals surface area contributed by atoms with Crippen LogP contribution in [0.2, 0.25) is 0 Å². The summed E-state index contributed by atoms with van der Waals surface area (Å²) in [7, 11) is 1.74. The van der Waals surface area contributed by atoms with Gasteiger partial charge in [0.25, 0.3) is 5.56 Å². The second-order valence-electron chi connectivity index (χ2n) is 3.09. The minimum atomic E-state index is -0.237. The van der Waals surface area contributed by atoms with Gasteiger partial charge in [-0.2, -0.15) is 0 Å². The second kappa shape index (κ2) is 3.62. The van der Waals surface area contributed by atoms with Gasteiger partial charge >= 0.3 is 0 Å². The summed E-state index contributed by atoms with van der Waals surface area (Å²) in [6.07, 6.45) is 0. The summed E-state index contributed by atoms with van der Waals surface area (Å²) in [6.45, 7) is 3.55. The van der Waals surface area contributed by atoms with E-state index in [1.54, 1.807) is 20.0 Å². The van der Waals surface area contributed by atoms with Crippen LogP contribution in [0.4, 0.5) is 0 Å². The summed E-state index contributed by atoms with van der Waals surface area (Å²) < 4.78 is 0. The van der Waals surface area contributed by atoms with Gasteiger partial charge < -0.3 is 15.4 Å². The highest BCUT2D eigenvalue weighted by molar-refractivity contribution is 5.33. The summed E-state index contributed by atoms with van der Waals surface area (Å²) in [5.74, 6) is 0.0445. The fourth-order valence-corrected chi connectivity index (χ4v) is 1.24. The van der Waals surface area contributed by atoms with Crippen molar-refractivity contribution in [1.29, 1.82) is 0 Å². The molecule has 0 saturated heterocycles. The molecule has 4 nitrogen and oxygen atoms in total. The maximum absolute atomic E-state index is 11.4. The maximum Gasteiger partial charge on any atom is 0.256 e. The van der Waals surface area contributed by atoms with E-state index in [0.717, 1.165) is 0 Å². The molecule has 0 radical (unpaired) electrons. The van der Waals surface area contributed by atoms with E-state index in [0.29, 0.717) is 11.3 Å². The Morgan fingerprint density at radius 3 is 2.69 bits per heavy atom. The molecule has 0 amide bonds. The van der Waals surface area contributed by atoms with Crippen molar-refractivity contribution in [3.8, 4) is 5.75 Å². The largest absolute Gasteiger partial charge is 0.507 e. The van der Waals surface area contributed by atoms with Crippen LogP contribution in [-0.4, -0.2) is 17.1 Å². The molecule has 1 rings (SSSR count). The van der Waals surface area contributed by atoms with Gasteiger partial charge in [0.2, 0.25) is 0 Å². The Hall–Kier alpha value is -1.29. The predicted molar refractivity (Wildman–Crippen MR) is 50.9 cm³/mol. The number of hydrogen-bond donors (Lipinski definition) is 3. The van der Waals surface area contributed by atoms with E-state index in [1.165, 1.54) is 0 Å². The first-order chi connectivity index (χ1) is 6.06. The average molecular weight is 182 g/mol. The molecule has 1 atom stereocenters. The standard InChI is InChI=1S/C9H14N2O2/c1-5-4-7(12)8(6(2)10-3)9(13)11-5/h4,6,10H,1-3H3,(H2,11,12,13)/t6-/m1/s1. The van der Waals surface area contributed by atoms with Gasteiger partial charge in [0, 0.05) is 11.7 Å². The molecule has 0 aliphatic rings. The topological polar surface area (TPSA) is 65.1 Å². The summed E-state index contributed by atoms with van der Waals surface area (Å²) in [5.41, 5.74) is 0.807. The normalized spacial score (nSPS) is 12.8. The van der Waals surface area contributed by atoms with Crippen LogP contribution in [0.1, 0.15) is 24.2 Å². The van der Waals surface area contributed by atoms with Crippen LogP contribution in [0, 0.1) is 6.92 Å². The summed E-state index contributed by atoms with van der Waals surface area (Å²) in [4.78, 5) is 14.0. The fourth-order valence-electron chi connectivity index (χ4n) is 1.24. The molecule has 1 aromatic heterocycles. The molecular weight excluding hydrogens is 168 g/mol. The molecule has 72 valence electrons. The van der Waals surface area contributed by atoms with Crippen LogP contribution < -0.4 is 10.9 Å². The highest BCUT2D eigenvalue weighted by atomic mass is 16.3. The number of rotatable bonds is 2. The van der Waals surface area contributed by atoms with Gasteiger partial charge in [-0.25, -0.2) is 0 Å². The summed E-state index contributed by atoms with van der Waals surface area (Å²) in [5, 5.41) is 12.4. The Morgan fingerprint density at radius 1 is 1.62 bits per heavy atom. The smallest absolute Gasteiger partial charge is 0.256 e. The van der Waals surface area contributed by atoms with Crippen LogP contribution in [0.3, 0.4) is 0 Å². The van der Waals surface area contributed by atoms with Crippen LogP contribution in [0.5, 0.6) is 5.75 Å². The van der Waals surface area contributed by atoms with Crippen molar-refractivity contribution in [2.75, 3.05) is 7.05 Å². The monoisotopic (exact) mass is 182 g/mol.